The first kappa shape index (κ1) is 18.0. The molecule has 0 aliphatic heterocycles. The van der Waals surface area contributed by atoms with Gasteiger partial charge in [0.15, 0.2) is 0 Å². The smallest absolute Gasteiger partial charge is 0.314 e. The number of allylic oxidation sites excluding steroid dienone is 3. The van der Waals surface area contributed by atoms with E-state index in [2.05, 4.69) is 41.0 Å². The van der Waals surface area contributed by atoms with Gasteiger partial charge in [0.2, 0.25) is 0 Å². The van der Waals surface area contributed by atoms with Crippen LogP contribution >= 0.6 is 0 Å². The molecule has 0 atom stereocenters. The largest absolute Gasteiger partial charge is 0.338 e. The van der Waals surface area contributed by atoms with E-state index in [0.29, 0.717) is 13.1 Å². The Kier molecular flexibility index (Phi) is 9.51. The number of amides is 2. The maximum Gasteiger partial charge on any atom is 0.314 e. The summed E-state index contributed by atoms with van der Waals surface area (Å²) >= 11 is 0. The molecule has 3 heteroatoms. The molecule has 0 fully saturated rings. The summed E-state index contributed by atoms with van der Waals surface area (Å²) in [7, 11) is 0. The summed E-state index contributed by atoms with van der Waals surface area (Å²) in [6.45, 7) is 5.35. The number of urea groups is 1. The molecule has 1 aliphatic carbocycles. The molecule has 2 N–H and O–H groups in total. The summed E-state index contributed by atoms with van der Waals surface area (Å²) in [4.78, 5) is 11.6. The minimum absolute atomic E-state index is 0. The molecule has 0 heterocycles. The van der Waals surface area contributed by atoms with Crippen LogP contribution in [0.3, 0.4) is 0 Å². The molecule has 2 rings (SSSR count). The fourth-order valence-corrected chi connectivity index (χ4v) is 2.20. The van der Waals surface area contributed by atoms with Gasteiger partial charge in [-0.25, -0.2) is 4.79 Å². The van der Waals surface area contributed by atoms with Crippen LogP contribution in [0.2, 0.25) is 0 Å². The van der Waals surface area contributed by atoms with Gasteiger partial charge in [-0.2, -0.15) is 0 Å². The summed E-state index contributed by atoms with van der Waals surface area (Å²) in [6.07, 6.45) is 10.6. The molecular formula is C19H32N2O. The standard InChI is InChI=1S/C17H22N2O.C2H6.2H2/c20-17(18-13-11-15-7-3-1-4-8-15)19-14-12-16-9-5-2-6-10-16;1-2;;/h1,3-5,7-10H,2,6,11-14H2,(H2,18,19,20);1-2H3;2*1H. The van der Waals surface area contributed by atoms with Crippen molar-refractivity contribution >= 4 is 6.03 Å². The highest BCUT2D eigenvalue weighted by atomic mass is 16.2. The zero-order valence-corrected chi connectivity index (χ0v) is 13.8. The first-order chi connectivity index (χ1) is 10.8. The molecule has 0 bridgehead atoms. The minimum atomic E-state index is -0.0821. The third-order valence-corrected chi connectivity index (χ3v) is 3.31. The number of hydrogen-bond acceptors (Lipinski definition) is 1. The van der Waals surface area contributed by atoms with Gasteiger partial charge in [0, 0.05) is 15.9 Å². The van der Waals surface area contributed by atoms with E-state index in [4.69, 9.17) is 0 Å². The lowest BCUT2D eigenvalue weighted by Gasteiger charge is -2.09. The van der Waals surface area contributed by atoms with Gasteiger partial charge in [0.1, 0.15) is 0 Å². The summed E-state index contributed by atoms with van der Waals surface area (Å²) in [6, 6.07) is 10.1. The van der Waals surface area contributed by atoms with Crippen LogP contribution in [0.25, 0.3) is 0 Å². The zero-order valence-electron chi connectivity index (χ0n) is 13.8. The molecule has 22 heavy (non-hydrogen) atoms. The first-order valence-corrected chi connectivity index (χ1v) is 8.26. The van der Waals surface area contributed by atoms with Crippen molar-refractivity contribution in [1.82, 2.24) is 10.6 Å². The third kappa shape index (κ3) is 7.67. The lowest BCUT2D eigenvalue weighted by Crippen LogP contribution is -2.37. The maximum absolute atomic E-state index is 11.6. The number of carbonyl (C=O) groups is 1. The van der Waals surface area contributed by atoms with E-state index in [1.165, 1.54) is 11.1 Å². The van der Waals surface area contributed by atoms with Crippen LogP contribution in [-0.2, 0) is 6.42 Å². The van der Waals surface area contributed by atoms with Crippen LogP contribution in [0.1, 0.15) is 41.5 Å². The molecule has 3 nitrogen and oxygen atoms in total. The van der Waals surface area contributed by atoms with Crippen LogP contribution in [-0.4, -0.2) is 19.1 Å². The number of benzene rings is 1. The van der Waals surface area contributed by atoms with E-state index in [0.717, 1.165) is 25.7 Å². The van der Waals surface area contributed by atoms with E-state index < -0.39 is 0 Å². The predicted octanol–water partition coefficient (Wildman–Crippen LogP) is 4.71. The Hall–Kier alpha value is -2.03. The molecule has 0 unspecified atom stereocenters. The summed E-state index contributed by atoms with van der Waals surface area (Å²) in [5.41, 5.74) is 2.56. The zero-order chi connectivity index (χ0) is 16.0. The first-order valence-electron chi connectivity index (χ1n) is 8.26. The average Bonchev–Trinajstić information content (AvgIpc) is 2.59. The molecule has 1 aromatic rings. The third-order valence-electron chi connectivity index (χ3n) is 3.31. The Bertz CT molecular complexity index is 487. The second kappa shape index (κ2) is 11.6. The fourth-order valence-electron chi connectivity index (χ4n) is 2.20. The van der Waals surface area contributed by atoms with Crippen LogP contribution in [0, 0.1) is 0 Å². The minimum Gasteiger partial charge on any atom is -0.338 e. The monoisotopic (exact) mass is 304 g/mol. The van der Waals surface area contributed by atoms with Gasteiger partial charge in [-0.1, -0.05) is 68.0 Å². The van der Waals surface area contributed by atoms with Crippen molar-refractivity contribution in [2.24, 2.45) is 0 Å². The Morgan fingerprint density at radius 2 is 1.73 bits per heavy atom. The van der Waals surface area contributed by atoms with Crippen LogP contribution in [0.5, 0.6) is 0 Å². The van der Waals surface area contributed by atoms with Crippen molar-refractivity contribution in [2.75, 3.05) is 13.1 Å². The SMILES string of the molecule is CC.O=C(NCCC1=CCCC=C1)NCCc1ccccc1.[HH].[HH]. The number of nitrogens with one attached hydrogen (secondary N) is 2. The molecule has 0 radical (unpaired) electrons. The van der Waals surface area contributed by atoms with Gasteiger partial charge in [0.05, 0.1) is 0 Å². The molecule has 0 spiro atoms. The fraction of sp³-hybridized carbons (Fsp3) is 0.421. The molecule has 0 aromatic heterocycles. The lowest BCUT2D eigenvalue weighted by atomic mass is 10.0. The summed E-state index contributed by atoms with van der Waals surface area (Å²) < 4.78 is 0. The van der Waals surface area contributed by atoms with Gasteiger partial charge in [0.25, 0.3) is 0 Å². The van der Waals surface area contributed by atoms with Gasteiger partial charge in [-0.3, -0.25) is 0 Å². The van der Waals surface area contributed by atoms with E-state index >= 15 is 0 Å². The Morgan fingerprint density at radius 1 is 1.05 bits per heavy atom. The van der Waals surface area contributed by atoms with Crippen molar-refractivity contribution in [2.45, 2.75) is 39.5 Å². The second-order valence-electron chi connectivity index (χ2n) is 4.93. The van der Waals surface area contributed by atoms with Crippen molar-refractivity contribution in [3.63, 3.8) is 0 Å². The van der Waals surface area contributed by atoms with E-state index in [-0.39, 0.29) is 8.88 Å². The van der Waals surface area contributed by atoms with Crippen molar-refractivity contribution in [1.29, 1.82) is 0 Å². The van der Waals surface area contributed by atoms with Gasteiger partial charge in [-0.05, 0) is 31.2 Å². The Balaban J connectivity index is 0. The van der Waals surface area contributed by atoms with Crippen LogP contribution < -0.4 is 10.6 Å². The lowest BCUT2D eigenvalue weighted by molar-refractivity contribution is 0.241. The molecule has 1 aromatic carbocycles. The van der Waals surface area contributed by atoms with Gasteiger partial charge < -0.3 is 10.6 Å². The van der Waals surface area contributed by atoms with E-state index in [1.807, 2.05) is 32.0 Å². The molecule has 0 saturated heterocycles. The molecule has 0 saturated carbocycles. The summed E-state index contributed by atoms with van der Waals surface area (Å²) in [5, 5.41) is 5.77. The summed E-state index contributed by atoms with van der Waals surface area (Å²) in [5.74, 6) is 0. The highest BCUT2D eigenvalue weighted by Crippen LogP contribution is 2.11. The number of hydrogen-bond donors (Lipinski definition) is 2. The quantitative estimate of drug-likeness (QED) is 0.785. The predicted molar refractivity (Wildman–Crippen MR) is 98.2 cm³/mol. The van der Waals surface area contributed by atoms with Gasteiger partial charge in [-0.15, -0.1) is 0 Å². The van der Waals surface area contributed by atoms with Crippen LogP contribution in [0.15, 0.2) is 54.1 Å². The topological polar surface area (TPSA) is 41.1 Å². The maximum atomic E-state index is 11.6. The number of rotatable bonds is 6. The Labute approximate surface area is 137 Å². The van der Waals surface area contributed by atoms with E-state index in [1.54, 1.807) is 0 Å². The van der Waals surface area contributed by atoms with Crippen molar-refractivity contribution in [3.8, 4) is 0 Å². The average molecular weight is 304 g/mol. The van der Waals surface area contributed by atoms with Crippen LogP contribution in [0.4, 0.5) is 4.79 Å². The van der Waals surface area contributed by atoms with E-state index in [9.17, 15) is 4.79 Å². The van der Waals surface area contributed by atoms with Gasteiger partial charge >= 0.3 is 6.03 Å². The number of carbonyl (C=O) groups excluding carboxylic acids is 1. The van der Waals surface area contributed by atoms with Crippen molar-refractivity contribution < 1.29 is 7.65 Å². The highest BCUT2D eigenvalue weighted by molar-refractivity contribution is 5.73. The normalized spacial score (nSPS) is 12.7. The Morgan fingerprint density at radius 3 is 2.36 bits per heavy atom. The molecule has 124 valence electrons. The second-order valence-corrected chi connectivity index (χ2v) is 4.93. The molecule has 2 amide bonds. The highest BCUT2D eigenvalue weighted by Gasteiger charge is 2.01. The molecule has 1 aliphatic rings. The molecular weight excluding hydrogens is 272 g/mol. The van der Waals surface area contributed by atoms with Crippen molar-refractivity contribution in [3.05, 3.63) is 59.7 Å².